The van der Waals surface area contributed by atoms with E-state index in [2.05, 4.69) is 113 Å². The monoisotopic (exact) mass is 1980 g/mol. The van der Waals surface area contributed by atoms with Gasteiger partial charge in [-0.15, -0.1) is 0 Å². The predicted molar refractivity (Wildman–Crippen MR) is 605 cm³/mol. The van der Waals surface area contributed by atoms with Gasteiger partial charge in [0, 0.05) is 12.3 Å². The van der Waals surface area contributed by atoms with Gasteiger partial charge in [-0.2, -0.15) is 0 Å². The van der Waals surface area contributed by atoms with Crippen molar-refractivity contribution in [3.05, 3.63) is 81.5 Å². The van der Waals surface area contributed by atoms with Crippen LogP contribution in [0.1, 0.15) is 635 Å². The zero-order valence-electron chi connectivity index (χ0n) is 94.7. The Morgan fingerprint density at radius 1 is 0.343 bits per heavy atom. The Balaban J connectivity index is 1.65. The lowest BCUT2D eigenvalue weighted by atomic mass is 9.91. The summed E-state index contributed by atoms with van der Waals surface area (Å²) in [4.78, 5) is 37.7. The summed E-state index contributed by atoms with van der Waals surface area (Å²) in [5.74, 6) is 2.30. The van der Waals surface area contributed by atoms with Crippen molar-refractivity contribution in [3.8, 4) is 0 Å². The Labute approximate surface area is 868 Å². The van der Waals surface area contributed by atoms with Crippen molar-refractivity contribution in [2.75, 3.05) is 13.2 Å². The van der Waals surface area contributed by atoms with Gasteiger partial charge in [0.2, 0.25) is 0 Å². The number of ketones is 1. The summed E-state index contributed by atoms with van der Waals surface area (Å²) in [5.41, 5.74) is 9.51. The third-order valence-electron chi connectivity index (χ3n) is 31.5. The van der Waals surface area contributed by atoms with Crippen LogP contribution in [0.2, 0.25) is 0 Å². The Bertz CT molecular complexity index is 3120. The zero-order chi connectivity index (χ0) is 102. The molecule has 1 aliphatic carbocycles. The predicted octanol–water partition coefficient (Wildman–Crippen LogP) is 39.8. The highest BCUT2D eigenvalue weighted by molar-refractivity contribution is 7.47. The number of unbranched alkanes of at least 4 members (excludes halogenated alkanes) is 63. The van der Waals surface area contributed by atoms with E-state index in [4.69, 9.17) is 18.5 Å². The summed E-state index contributed by atoms with van der Waals surface area (Å²) in [6, 6.07) is 0. The summed E-state index contributed by atoms with van der Waals surface area (Å²) in [7, 11) is -4.87. The van der Waals surface area contributed by atoms with Gasteiger partial charge in [0.15, 0.2) is 6.29 Å². The second-order valence-corrected chi connectivity index (χ2v) is 47.1. The Morgan fingerprint density at radius 3 is 0.964 bits per heavy atom. The number of carbonyl (C=O) groups excluding carboxylic acids is 2. The lowest BCUT2D eigenvalue weighted by Crippen LogP contribution is -2.59. The molecule has 140 heavy (non-hydrogen) atoms. The first kappa shape index (κ1) is 133. The van der Waals surface area contributed by atoms with Gasteiger partial charge in [0.25, 0.3) is 0 Å². The molecule has 2 aliphatic rings. The minimum Gasteiger partial charge on any atom is -0.463 e. The molecule has 12 atom stereocenters. The molecule has 1 saturated heterocycles. The first-order chi connectivity index (χ1) is 68.0. The number of rotatable bonds is 104. The van der Waals surface area contributed by atoms with Crippen molar-refractivity contribution in [1.29, 1.82) is 0 Å². The number of esters is 1. The normalized spacial score (nSPS) is 18.7. The van der Waals surface area contributed by atoms with Crippen LogP contribution in [0.5, 0.6) is 0 Å². The highest BCUT2D eigenvalue weighted by atomic mass is 31.2. The summed E-state index contributed by atoms with van der Waals surface area (Å²) in [5, 5.41) is 44.7. The molecular formula is C127H235O12P. The average molecular weight is 1990 g/mol. The molecule has 2 fully saturated rings. The number of aliphatic hydroxyl groups excluding tert-OH is 4. The average Bonchev–Trinajstić information content (AvgIpc) is 0.914. The van der Waals surface area contributed by atoms with Gasteiger partial charge >= 0.3 is 13.8 Å². The molecule has 820 valence electrons. The first-order valence-corrected chi connectivity index (χ1v) is 62.8. The molecule has 0 aromatic carbocycles. The number of carbonyl (C=O) groups is 2. The minimum atomic E-state index is -4.87. The van der Waals surface area contributed by atoms with Gasteiger partial charge in [0.1, 0.15) is 36.8 Å². The second-order valence-electron chi connectivity index (χ2n) is 45.7. The van der Waals surface area contributed by atoms with Gasteiger partial charge in [-0.25, -0.2) is 4.57 Å². The van der Waals surface area contributed by atoms with E-state index in [1.165, 1.54) is 432 Å². The first-order valence-electron chi connectivity index (χ1n) is 61.3. The maximum Gasteiger partial charge on any atom is 0.474 e. The second kappa shape index (κ2) is 94.7. The summed E-state index contributed by atoms with van der Waals surface area (Å²) < 4.78 is 35.5. The van der Waals surface area contributed by atoms with Gasteiger partial charge in [-0.05, 0) is 182 Å². The molecule has 0 amide bonds. The highest BCUT2D eigenvalue weighted by Gasteiger charge is 2.48. The van der Waals surface area contributed by atoms with E-state index < -0.39 is 63.1 Å². The van der Waals surface area contributed by atoms with E-state index in [0.717, 1.165) is 165 Å². The number of Topliss-reactive ketones (excluding diaryl/α,β-unsaturated/α-hetero) is 1. The number of aliphatic hydroxyl groups is 4. The van der Waals surface area contributed by atoms with Crippen molar-refractivity contribution < 1.29 is 58.0 Å². The lowest BCUT2D eigenvalue weighted by molar-refractivity contribution is -0.282. The Hall–Kier alpha value is -2.77. The fourth-order valence-corrected chi connectivity index (χ4v) is 22.0. The molecule has 12 nitrogen and oxygen atoms in total. The molecule has 5 N–H and O–H groups in total. The van der Waals surface area contributed by atoms with E-state index in [1.54, 1.807) is 6.08 Å². The maximum absolute atomic E-state index is 14.1. The number of ether oxygens (including phenoxy) is 2. The van der Waals surface area contributed by atoms with Crippen LogP contribution in [-0.2, 0) is 32.7 Å². The quantitative estimate of drug-likeness (QED) is 0.0168. The van der Waals surface area contributed by atoms with Crippen LogP contribution in [0.3, 0.4) is 0 Å². The SMILES string of the molecule is CCCCCCCCCCCCCCCCCCCCCCCCCCC(C(=O)OC[C@H]1O[C@H](OP(=O)(O)OC/C=C(\C)CC/C=C(\C)CC/C=C(\C)CC/C=C(\C)CC/C=C(\C)CC/C=C(\C)CCC=C(C)C)[C@@H](O)[C@@H](O)[C@@H]1O)[C@H](O)CCCCCCCCCCCCCCCCC1CC1C(C)CCCCCCCCCCCCCCCCC(=O)C(C)CCCCCCCCCCCCCCCCC. The van der Waals surface area contributed by atoms with Gasteiger partial charge in [-0.3, -0.25) is 18.6 Å². The molecule has 13 heteroatoms. The van der Waals surface area contributed by atoms with Crippen molar-refractivity contribution in [2.24, 2.45) is 29.6 Å². The molecule has 0 aromatic rings. The van der Waals surface area contributed by atoms with Crippen LogP contribution in [0, 0.1) is 29.6 Å². The molecule has 1 aliphatic heterocycles. The topological polar surface area (TPSA) is 189 Å². The largest absolute Gasteiger partial charge is 0.474 e. The third-order valence-corrected chi connectivity index (χ3v) is 32.5. The number of hydrogen-bond donors (Lipinski definition) is 5. The van der Waals surface area contributed by atoms with Crippen LogP contribution in [-0.4, -0.2) is 87.1 Å². The molecule has 6 unspecified atom stereocenters. The van der Waals surface area contributed by atoms with E-state index in [0.29, 0.717) is 18.6 Å². The molecule has 1 saturated carbocycles. The maximum atomic E-state index is 14.1. The molecule has 0 aromatic heterocycles. The highest BCUT2D eigenvalue weighted by Crippen LogP contribution is 2.50. The van der Waals surface area contributed by atoms with Crippen LogP contribution < -0.4 is 0 Å². The number of phosphoric acid groups is 1. The summed E-state index contributed by atoms with van der Waals surface area (Å²) in [6.45, 7) is 26.0. The van der Waals surface area contributed by atoms with Crippen molar-refractivity contribution in [1.82, 2.24) is 0 Å². The van der Waals surface area contributed by atoms with Gasteiger partial charge in [-0.1, -0.05) is 546 Å². The fraction of sp³-hybridized carbons (Fsp3) is 0.874. The van der Waals surface area contributed by atoms with Crippen LogP contribution in [0.25, 0.3) is 0 Å². The van der Waals surface area contributed by atoms with Crippen LogP contribution in [0.4, 0.5) is 0 Å². The van der Waals surface area contributed by atoms with Gasteiger partial charge in [0.05, 0.1) is 18.6 Å². The van der Waals surface area contributed by atoms with E-state index in [-0.39, 0.29) is 12.5 Å². The number of allylic oxidation sites excluding steroid dienone is 13. The molecule has 2 rings (SSSR count). The fourth-order valence-electron chi connectivity index (χ4n) is 21.3. The number of hydrogen-bond acceptors (Lipinski definition) is 11. The number of phosphoric ester groups is 1. The smallest absolute Gasteiger partial charge is 0.463 e. The standard InChI is InChI=1S/C127H235O12P/c1-13-15-17-19-21-23-25-27-29-30-31-32-33-34-35-36-37-39-47-53-59-65-71-77-101-118(126(133)136-107-122-123(130)124(131)125(132)127(138-122)139-140(134,135)137-105-104-114(10)97-85-96-113(9)95-84-94-112(8)93-83-92-111(7)91-82-90-110(6)89-81-88-109(5)87-80-86-108(3)4)121(129)103-79-73-67-61-55-49-43-41-46-52-58-64-70-76-100-117-106-119(117)115(11)98-74-68-62-56-50-44-40-42-48-54-60-66-72-78-102-120(128)116(12)99-75-69-63-57-51-45-38-28-26-24-22-20-18-16-14-2/h86,88,90,92,94,96,104,115-119,121-125,127,129-132H,13-85,87,89,91,93,95,97-103,105-107H2,1-12H3,(H,134,135)/b109-88+,110-90+,111-92+,112-94+,113-96+,114-104+/t115?,116?,117?,118?,119?,121-,122-,123-,124+,125+,127-/m1/s1. The van der Waals surface area contributed by atoms with E-state index in [9.17, 15) is 39.5 Å². The Morgan fingerprint density at radius 2 is 0.629 bits per heavy atom. The minimum absolute atomic E-state index is 0.247. The molecule has 1 heterocycles. The van der Waals surface area contributed by atoms with Crippen LogP contribution >= 0.6 is 7.82 Å². The third kappa shape index (κ3) is 81.2. The van der Waals surface area contributed by atoms with Crippen molar-refractivity contribution >= 4 is 19.6 Å². The van der Waals surface area contributed by atoms with Crippen LogP contribution in [0.15, 0.2) is 81.5 Å². The molecular weight excluding hydrogens is 1750 g/mol. The molecule has 0 bridgehead atoms. The zero-order valence-corrected chi connectivity index (χ0v) is 95.6. The lowest BCUT2D eigenvalue weighted by Gasteiger charge is -2.40. The van der Waals surface area contributed by atoms with Crippen molar-refractivity contribution in [2.45, 2.75) is 672 Å². The molecule has 0 spiro atoms. The van der Waals surface area contributed by atoms with E-state index in [1.807, 2.05) is 6.92 Å². The van der Waals surface area contributed by atoms with Gasteiger partial charge < -0.3 is 34.8 Å². The summed E-state index contributed by atoms with van der Waals surface area (Å²) >= 11 is 0. The Kier molecular flexibility index (Phi) is 90.1. The molecule has 0 radical (unpaired) electrons. The van der Waals surface area contributed by atoms with E-state index >= 15 is 0 Å². The van der Waals surface area contributed by atoms with Crippen molar-refractivity contribution in [3.63, 3.8) is 0 Å². The summed E-state index contributed by atoms with van der Waals surface area (Å²) in [6.07, 6.45) is 115.